The van der Waals surface area contributed by atoms with E-state index >= 15 is 0 Å². The molecule has 26 heavy (non-hydrogen) atoms. The van der Waals surface area contributed by atoms with Crippen LogP contribution in [0.1, 0.15) is 28.8 Å². The van der Waals surface area contributed by atoms with Gasteiger partial charge in [-0.15, -0.1) is 0 Å². The number of fused-ring (bicyclic) bond motifs is 1. The van der Waals surface area contributed by atoms with Crippen molar-refractivity contribution in [3.05, 3.63) is 77.0 Å². The van der Waals surface area contributed by atoms with Crippen molar-refractivity contribution in [1.82, 2.24) is 9.97 Å². The molecular weight excluding hydrogens is 320 g/mol. The predicted molar refractivity (Wildman–Crippen MR) is 107 cm³/mol. The molecule has 0 fully saturated rings. The predicted octanol–water partition coefficient (Wildman–Crippen LogP) is 4.79. The Labute approximate surface area is 154 Å². The van der Waals surface area contributed by atoms with Crippen LogP contribution in [0.15, 0.2) is 54.6 Å². The van der Waals surface area contributed by atoms with E-state index in [1.54, 1.807) is 0 Å². The van der Waals surface area contributed by atoms with Crippen LogP contribution in [0.5, 0.6) is 0 Å². The van der Waals surface area contributed by atoms with Crippen LogP contribution in [0.4, 0.5) is 17.5 Å². The molecule has 1 aromatic heterocycles. The first-order chi connectivity index (χ1) is 12.7. The number of hydrogen-bond acceptors (Lipinski definition) is 4. The van der Waals surface area contributed by atoms with Gasteiger partial charge in [-0.1, -0.05) is 42.5 Å². The van der Waals surface area contributed by atoms with Crippen LogP contribution in [0.25, 0.3) is 0 Å². The van der Waals surface area contributed by atoms with Crippen molar-refractivity contribution in [2.75, 3.05) is 16.8 Å². The Kier molecular flexibility index (Phi) is 4.57. The zero-order chi connectivity index (χ0) is 17.9. The first kappa shape index (κ1) is 16.6. The number of nitrogens with zero attached hydrogens (tertiary/aromatic N) is 3. The Balaban J connectivity index is 1.60. The molecule has 1 aliphatic heterocycles. The summed E-state index contributed by atoms with van der Waals surface area (Å²) < 4.78 is 0. The van der Waals surface area contributed by atoms with Crippen molar-refractivity contribution in [2.45, 2.75) is 33.2 Å². The molecule has 4 nitrogen and oxygen atoms in total. The van der Waals surface area contributed by atoms with E-state index in [1.807, 2.05) is 13.0 Å². The summed E-state index contributed by atoms with van der Waals surface area (Å²) in [6, 6.07) is 19.0. The van der Waals surface area contributed by atoms with Gasteiger partial charge >= 0.3 is 0 Å². The topological polar surface area (TPSA) is 41.1 Å². The molecule has 0 saturated heterocycles. The van der Waals surface area contributed by atoms with E-state index in [0.29, 0.717) is 0 Å². The van der Waals surface area contributed by atoms with Gasteiger partial charge in [0.15, 0.2) is 0 Å². The molecule has 0 radical (unpaired) electrons. The van der Waals surface area contributed by atoms with Crippen LogP contribution in [-0.4, -0.2) is 16.5 Å². The normalized spacial score (nSPS) is 13.4. The molecule has 0 amide bonds. The summed E-state index contributed by atoms with van der Waals surface area (Å²) in [6.45, 7) is 5.88. The molecule has 0 aliphatic carbocycles. The molecule has 132 valence electrons. The van der Waals surface area contributed by atoms with Gasteiger partial charge < -0.3 is 10.2 Å². The lowest BCUT2D eigenvalue weighted by atomic mass is 10.0. The van der Waals surface area contributed by atoms with Gasteiger partial charge in [-0.2, -0.15) is 4.98 Å². The third kappa shape index (κ3) is 3.40. The van der Waals surface area contributed by atoms with E-state index < -0.39 is 0 Å². The standard InChI is InChI=1S/C22H24N4/c1-16-8-3-4-10-19(16)15-23-21-14-17(2)24-22(25-21)26-13-7-11-18-9-5-6-12-20(18)26/h3-6,8-10,12,14H,7,11,13,15H2,1-2H3,(H,23,24,25). The number of benzene rings is 2. The number of anilines is 3. The van der Waals surface area contributed by atoms with Crippen molar-refractivity contribution in [3.8, 4) is 0 Å². The molecule has 0 spiro atoms. The highest BCUT2D eigenvalue weighted by Gasteiger charge is 2.20. The van der Waals surface area contributed by atoms with E-state index in [1.165, 1.54) is 22.4 Å². The Hall–Kier alpha value is -2.88. The quantitative estimate of drug-likeness (QED) is 0.739. The highest BCUT2D eigenvalue weighted by atomic mass is 15.3. The minimum absolute atomic E-state index is 0.763. The number of aromatic nitrogens is 2. The minimum atomic E-state index is 0.763. The zero-order valence-electron chi connectivity index (χ0n) is 15.4. The third-order valence-corrected chi connectivity index (χ3v) is 4.92. The fourth-order valence-corrected chi connectivity index (χ4v) is 3.50. The maximum Gasteiger partial charge on any atom is 0.232 e. The molecule has 0 saturated carbocycles. The summed E-state index contributed by atoms with van der Waals surface area (Å²) in [5.41, 5.74) is 6.16. The second-order valence-electron chi connectivity index (χ2n) is 6.86. The lowest BCUT2D eigenvalue weighted by Crippen LogP contribution is -2.26. The Morgan fingerprint density at radius 1 is 1.00 bits per heavy atom. The summed E-state index contributed by atoms with van der Waals surface area (Å²) >= 11 is 0. The lowest BCUT2D eigenvalue weighted by molar-refractivity contribution is 0.749. The molecule has 1 N–H and O–H groups in total. The van der Waals surface area contributed by atoms with Crippen LogP contribution in [-0.2, 0) is 13.0 Å². The summed E-state index contributed by atoms with van der Waals surface area (Å²) in [5, 5.41) is 3.47. The smallest absolute Gasteiger partial charge is 0.232 e. The molecule has 3 aromatic rings. The molecular formula is C22H24N4. The molecule has 2 heterocycles. The molecule has 4 heteroatoms. The van der Waals surface area contributed by atoms with E-state index in [-0.39, 0.29) is 0 Å². The van der Waals surface area contributed by atoms with Crippen LogP contribution in [0.3, 0.4) is 0 Å². The van der Waals surface area contributed by atoms with Crippen LogP contribution < -0.4 is 10.2 Å². The second kappa shape index (κ2) is 7.16. The molecule has 0 atom stereocenters. The average Bonchev–Trinajstić information content (AvgIpc) is 2.66. The highest BCUT2D eigenvalue weighted by Crippen LogP contribution is 2.32. The first-order valence-electron chi connectivity index (χ1n) is 9.20. The third-order valence-electron chi connectivity index (χ3n) is 4.92. The van der Waals surface area contributed by atoms with Crippen LogP contribution >= 0.6 is 0 Å². The van der Waals surface area contributed by atoms with Gasteiger partial charge in [0.25, 0.3) is 0 Å². The van der Waals surface area contributed by atoms with Gasteiger partial charge in [-0.05, 0) is 49.4 Å². The largest absolute Gasteiger partial charge is 0.366 e. The number of para-hydroxylation sites is 1. The second-order valence-corrected chi connectivity index (χ2v) is 6.86. The zero-order valence-corrected chi connectivity index (χ0v) is 15.4. The van der Waals surface area contributed by atoms with E-state index in [4.69, 9.17) is 9.97 Å². The minimum Gasteiger partial charge on any atom is -0.366 e. The van der Waals surface area contributed by atoms with E-state index in [0.717, 1.165) is 43.4 Å². The molecule has 0 bridgehead atoms. The van der Waals surface area contributed by atoms with Crippen LogP contribution in [0, 0.1) is 13.8 Å². The summed E-state index contributed by atoms with van der Waals surface area (Å²) in [6.07, 6.45) is 2.25. The Morgan fingerprint density at radius 2 is 1.81 bits per heavy atom. The fraction of sp³-hybridized carbons (Fsp3) is 0.273. The molecule has 2 aromatic carbocycles. The van der Waals surface area contributed by atoms with E-state index in [2.05, 4.69) is 65.7 Å². The van der Waals surface area contributed by atoms with E-state index in [9.17, 15) is 0 Å². The van der Waals surface area contributed by atoms with Gasteiger partial charge in [-0.3, -0.25) is 0 Å². The summed E-state index contributed by atoms with van der Waals surface area (Å²) in [7, 11) is 0. The average molecular weight is 344 g/mol. The summed E-state index contributed by atoms with van der Waals surface area (Å²) in [4.78, 5) is 11.7. The lowest BCUT2D eigenvalue weighted by Gasteiger charge is -2.29. The van der Waals surface area contributed by atoms with Gasteiger partial charge in [0.2, 0.25) is 5.95 Å². The number of rotatable bonds is 4. The van der Waals surface area contributed by atoms with Crippen molar-refractivity contribution >= 4 is 17.5 Å². The highest BCUT2D eigenvalue weighted by molar-refractivity contribution is 5.64. The maximum absolute atomic E-state index is 4.80. The summed E-state index contributed by atoms with van der Waals surface area (Å²) in [5.74, 6) is 1.66. The number of aryl methyl sites for hydroxylation is 3. The van der Waals surface area contributed by atoms with Crippen molar-refractivity contribution in [2.24, 2.45) is 0 Å². The van der Waals surface area contributed by atoms with Gasteiger partial charge in [0, 0.05) is 30.5 Å². The maximum atomic E-state index is 4.80. The van der Waals surface area contributed by atoms with Crippen molar-refractivity contribution < 1.29 is 0 Å². The number of nitrogens with one attached hydrogen (secondary N) is 1. The monoisotopic (exact) mass is 344 g/mol. The van der Waals surface area contributed by atoms with Crippen molar-refractivity contribution in [1.29, 1.82) is 0 Å². The van der Waals surface area contributed by atoms with Crippen LogP contribution in [0.2, 0.25) is 0 Å². The SMILES string of the molecule is Cc1cc(NCc2ccccc2C)nc(N2CCCc3ccccc32)n1. The molecule has 0 unspecified atom stereocenters. The van der Waals surface area contributed by atoms with Gasteiger partial charge in [-0.25, -0.2) is 4.98 Å². The van der Waals surface area contributed by atoms with Gasteiger partial charge in [0.05, 0.1) is 0 Å². The Morgan fingerprint density at radius 3 is 2.69 bits per heavy atom. The van der Waals surface area contributed by atoms with Gasteiger partial charge in [0.1, 0.15) is 5.82 Å². The first-order valence-corrected chi connectivity index (χ1v) is 9.20. The van der Waals surface area contributed by atoms with Crippen molar-refractivity contribution in [3.63, 3.8) is 0 Å². The molecule has 4 rings (SSSR count). The fourth-order valence-electron chi connectivity index (χ4n) is 3.50. The Bertz CT molecular complexity index is 920. The number of hydrogen-bond donors (Lipinski definition) is 1. The molecule has 1 aliphatic rings.